The molecule has 0 aromatic rings. The van der Waals surface area contributed by atoms with Crippen molar-refractivity contribution in [2.75, 3.05) is 6.61 Å². The van der Waals surface area contributed by atoms with Gasteiger partial charge < -0.3 is 20.4 Å². The molecule has 110 valence electrons. The molecule has 4 N–H and O–H groups in total. The molecule has 0 aliphatic heterocycles. The van der Waals surface area contributed by atoms with Crippen LogP contribution in [0.5, 0.6) is 0 Å². The van der Waals surface area contributed by atoms with Gasteiger partial charge in [0.1, 0.15) is 0 Å². The van der Waals surface area contributed by atoms with Gasteiger partial charge in [0.25, 0.3) is 0 Å². The van der Waals surface area contributed by atoms with E-state index in [0.29, 0.717) is 12.8 Å². The number of aliphatic hydroxyl groups is 4. The lowest BCUT2D eigenvalue weighted by Gasteiger charge is -2.44. The number of rotatable bonds is 4. The minimum atomic E-state index is -1.34. The van der Waals surface area contributed by atoms with Crippen LogP contribution in [0.25, 0.3) is 0 Å². The Morgan fingerprint density at radius 3 is 2.37 bits per heavy atom. The Balaban J connectivity index is 2.93. The molecule has 0 radical (unpaired) electrons. The topological polar surface area (TPSA) is 80.9 Å². The highest BCUT2D eigenvalue weighted by atomic mass is 16.3. The van der Waals surface area contributed by atoms with Crippen molar-refractivity contribution in [3.05, 3.63) is 23.3 Å². The van der Waals surface area contributed by atoms with E-state index >= 15 is 0 Å². The maximum atomic E-state index is 10.4. The molecular weight excluding hydrogens is 244 g/mol. The molecule has 0 amide bonds. The third kappa shape index (κ3) is 3.89. The first-order valence-corrected chi connectivity index (χ1v) is 6.81. The van der Waals surface area contributed by atoms with Crippen LogP contribution < -0.4 is 0 Å². The van der Waals surface area contributed by atoms with Crippen molar-refractivity contribution in [3.63, 3.8) is 0 Å². The molecule has 1 rings (SSSR count). The predicted octanol–water partition coefficient (Wildman–Crippen LogP) is 1.14. The second-order valence-electron chi connectivity index (χ2n) is 5.80. The molecule has 4 heteroatoms. The molecular formula is C15H26O4. The first-order valence-electron chi connectivity index (χ1n) is 6.81. The fourth-order valence-corrected chi connectivity index (χ4v) is 2.74. The summed E-state index contributed by atoms with van der Waals surface area (Å²) >= 11 is 0. The summed E-state index contributed by atoms with van der Waals surface area (Å²) in [5, 5.41) is 39.7. The highest BCUT2D eigenvalue weighted by molar-refractivity contribution is 5.17. The van der Waals surface area contributed by atoms with E-state index in [1.807, 2.05) is 32.9 Å². The quantitative estimate of drug-likeness (QED) is 0.578. The predicted molar refractivity (Wildman–Crippen MR) is 74.6 cm³/mol. The van der Waals surface area contributed by atoms with E-state index in [0.717, 1.165) is 12.0 Å². The van der Waals surface area contributed by atoms with Crippen molar-refractivity contribution in [2.45, 2.75) is 57.8 Å². The van der Waals surface area contributed by atoms with Crippen molar-refractivity contribution in [1.29, 1.82) is 0 Å². The smallest absolute Gasteiger partial charge is 0.0968 e. The minimum Gasteiger partial charge on any atom is -0.393 e. The molecule has 0 heterocycles. The average molecular weight is 270 g/mol. The Labute approximate surface area is 115 Å². The Kier molecular flexibility index (Phi) is 5.74. The zero-order chi connectivity index (χ0) is 14.6. The van der Waals surface area contributed by atoms with Crippen molar-refractivity contribution in [3.8, 4) is 0 Å². The maximum absolute atomic E-state index is 10.4. The Hall–Kier alpha value is -0.680. The van der Waals surface area contributed by atoms with Crippen molar-refractivity contribution in [1.82, 2.24) is 0 Å². The van der Waals surface area contributed by atoms with Crippen molar-refractivity contribution < 1.29 is 20.4 Å². The maximum Gasteiger partial charge on any atom is 0.0968 e. The molecule has 19 heavy (non-hydrogen) atoms. The summed E-state index contributed by atoms with van der Waals surface area (Å²) in [6.45, 7) is 5.43. The van der Waals surface area contributed by atoms with E-state index in [1.54, 1.807) is 0 Å². The van der Waals surface area contributed by atoms with E-state index in [1.165, 1.54) is 5.57 Å². The van der Waals surface area contributed by atoms with Crippen LogP contribution in [-0.4, -0.2) is 44.8 Å². The van der Waals surface area contributed by atoms with Gasteiger partial charge in [0.2, 0.25) is 0 Å². The molecule has 0 spiro atoms. The van der Waals surface area contributed by atoms with Gasteiger partial charge in [-0.3, -0.25) is 0 Å². The molecule has 1 fully saturated rings. The lowest BCUT2D eigenvalue weighted by molar-refractivity contribution is -0.153. The van der Waals surface area contributed by atoms with Crippen LogP contribution in [0, 0.1) is 5.92 Å². The first kappa shape index (κ1) is 16.4. The van der Waals surface area contributed by atoms with Crippen LogP contribution in [0.1, 0.15) is 40.0 Å². The molecule has 1 aliphatic rings. The zero-order valence-electron chi connectivity index (χ0n) is 12.0. The van der Waals surface area contributed by atoms with Crippen LogP contribution >= 0.6 is 0 Å². The van der Waals surface area contributed by atoms with Gasteiger partial charge in [-0.15, -0.1) is 0 Å². The molecule has 0 bridgehead atoms. The van der Waals surface area contributed by atoms with E-state index in [2.05, 4.69) is 0 Å². The van der Waals surface area contributed by atoms with Gasteiger partial charge in [-0.25, -0.2) is 0 Å². The fraction of sp³-hybridized carbons (Fsp3) is 0.733. The number of hydrogen-bond donors (Lipinski definition) is 4. The van der Waals surface area contributed by atoms with Crippen LogP contribution in [0.4, 0.5) is 0 Å². The van der Waals surface area contributed by atoms with Gasteiger partial charge in [0.05, 0.1) is 24.4 Å². The molecule has 1 saturated carbocycles. The fourth-order valence-electron chi connectivity index (χ4n) is 2.74. The Morgan fingerprint density at radius 1 is 1.21 bits per heavy atom. The Bertz CT molecular complexity index is 357. The van der Waals surface area contributed by atoms with E-state index in [9.17, 15) is 20.4 Å². The highest BCUT2D eigenvalue weighted by Gasteiger charge is 2.47. The molecule has 0 aromatic carbocycles. The van der Waals surface area contributed by atoms with Gasteiger partial charge in [-0.1, -0.05) is 23.3 Å². The lowest BCUT2D eigenvalue weighted by Crippen LogP contribution is -2.55. The van der Waals surface area contributed by atoms with E-state index in [4.69, 9.17) is 0 Å². The summed E-state index contributed by atoms with van der Waals surface area (Å²) < 4.78 is 0. The third-order valence-corrected chi connectivity index (χ3v) is 3.92. The second-order valence-corrected chi connectivity index (χ2v) is 5.80. The van der Waals surface area contributed by atoms with Gasteiger partial charge in [0, 0.05) is 5.92 Å². The Morgan fingerprint density at radius 2 is 1.84 bits per heavy atom. The van der Waals surface area contributed by atoms with Crippen LogP contribution in [0.2, 0.25) is 0 Å². The summed E-state index contributed by atoms with van der Waals surface area (Å²) in [4.78, 5) is 0. The molecule has 4 nitrogen and oxygen atoms in total. The molecule has 1 aliphatic carbocycles. The van der Waals surface area contributed by atoms with Gasteiger partial charge in [0.15, 0.2) is 0 Å². The number of aliphatic hydroxyl groups excluding tert-OH is 3. The number of allylic oxidation sites excluding steroid dienone is 3. The van der Waals surface area contributed by atoms with E-state index < -0.39 is 30.3 Å². The van der Waals surface area contributed by atoms with Crippen LogP contribution in [-0.2, 0) is 0 Å². The molecule has 0 unspecified atom stereocenters. The third-order valence-electron chi connectivity index (χ3n) is 3.92. The largest absolute Gasteiger partial charge is 0.393 e. The zero-order valence-corrected chi connectivity index (χ0v) is 12.0. The van der Waals surface area contributed by atoms with Crippen molar-refractivity contribution in [2.24, 2.45) is 5.92 Å². The average Bonchev–Trinajstić information content (AvgIpc) is 2.34. The van der Waals surface area contributed by atoms with Gasteiger partial charge >= 0.3 is 0 Å². The lowest BCUT2D eigenvalue weighted by atomic mass is 9.69. The van der Waals surface area contributed by atoms with Crippen molar-refractivity contribution >= 4 is 0 Å². The van der Waals surface area contributed by atoms with E-state index in [-0.39, 0.29) is 0 Å². The first-order chi connectivity index (χ1) is 8.81. The van der Waals surface area contributed by atoms with Crippen LogP contribution in [0.15, 0.2) is 23.3 Å². The molecule has 0 aromatic heterocycles. The van der Waals surface area contributed by atoms with Crippen LogP contribution in [0.3, 0.4) is 0 Å². The van der Waals surface area contributed by atoms with Gasteiger partial charge in [-0.2, -0.15) is 0 Å². The summed E-state index contributed by atoms with van der Waals surface area (Å²) in [5.41, 5.74) is 0.663. The minimum absolute atomic E-state index is 0.292. The normalized spacial score (nSPS) is 36.2. The standard InChI is InChI=1S/C15H26O4/c1-10(2)5-4-6-11(3)13-14(18)12(17)7-8-15(13,19)9-16/h5-6,12-14,16-19H,4,7-9H2,1-3H3/b11-6+/t12-,13+,14-,15+/m1/s1. The molecule has 4 atom stereocenters. The molecule has 0 saturated heterocycles. The second kappa shape index (κ2) is 6.66. The SMILES string of the molecule is CC(C)=CC/C=C(\C)[C@H]1[C@H](O)[C@H](O)CC[C@]1(O)CO. The summed E-state index contributed by atoms with van der Waals surface area (Å²) in [5.74, 6) is -0.619. The summed E-state index contributed by atoms with van der Waals surface area (Å²) in [7, 11) is 0. The number of hydrogen-bond acceptors (Lipinski definition) is 4. The summed E-state index contributed by atoms with van der Waals surface area (Å²) in [6.07, 6.45) is 3.41. The van der Waals surface area contributed by atoms with Gasteiger partial charge in [-0.05, 0) is 40.0 Å². The monoisotopic (exact) mass is 270 g/mol. The summed E-state index contributed by atoms with van der Waals surface area (Å²) in [6, 6.07) is 0. The highest BCUT2D eigenvalue weighted by Crippen LogP contribution is 2.38.